The standard InChI is InChI=1S/C36H26Cl2N2O4/c1-3-43-33(41)23(2)36(26-18-19-29(37)30(38)20-26)35(28(21-39)32(44-36)25-14-8-5-9-15-25)27-16-10-11-17-31(27)40(34(35)42)22-24-12-6-4-7-13-24/h4-20H,2-3,22H2,1H3/t35-,36+/m1/s1. The highest BCUT2D eigenvalue weighted by atomic mass is 35.5. The second-order valence-electron chi connectivity index (χ2n) is 10.4. The molecule has 8 heteroatoms. The molecule has 218 valence electrons. The highest BCUT2D eigenvalue weighted by Crippen LogP contribution is 2.66. The van der Waals surface area contributed by atoms with Crippen LogP contribution in [0.1, 0.15) is 29.2 Å². The van der Waals surface area contributed by atoms with E-state index in [1.54, 1.807) is 66.4 Å². The minimum absolute atomic E-state index is 0.0354. The lowest BCUT2D eigenvalue weighted by atomic mass is 9.59. The molecule has 0 bridgehead atoms. The highest BCUT2D eigenvalue weighted by molar-refractivity contribution is 6.42. The molecule has 0 saturated heterocycles. The number of fused-ring (bicyclic) bond motifs is 2. The molecule has 2 heterocycles. The van der Waals surface area contributed by atoms with Crippen LogP contribution in [0.25, 0.3) is 5.76 Å². The normalized spacial score (nSPS) is 20.3. The van der Waals surface area contributed by atoms with Crippen LogP contribution in [-0.4, -0.2) is 18.5 Å². The van der Waals surface area contributed by atoms with Crippen LogP contribution in [0, 0.1) is 11.3 Å². The summed E-state index contributed by atoms with van der Waals surface area (Å²) in [6, 6.07) is 32.9. The summed E-state index contributed by atoms with van der Waals surface area (Å²) in [5.41, 5.74) is -1.20. The third-order valence-electron chi connectivity index (χ3n) is 8.15. The van der Waals surface area contributed by atoms with Gasteiger partial charge in [0.05, 0.1) is 34.3 Å². The molecule has 0 aliphatic carbocycles. The van der Waals surface area contributed by atoms with Gasteiger partial charge in [0.1, 0.15) is 11.8 Å². The Morgan fingerprint density at radius 3 is 2.27 bits per heavy atom. The molecule has 2 atom stereocenters. The van der Waals surface area contributed by atoms with E-state index in [0.29, 0.717) is 22.4 Å². The zero-order chi connectivity index (χ0) is 31.1. The third-order valence-corrected chi connectivity index (χ3v) is 8.89. The van der Waals surface area contributed by atoms with Gasteiger partial charge in [-0.3, -0.25) is 4.79 Å². The summed E-state index contributed by atoms with van der Waals surface area (Å²) in [4.78, 5) is 30.7. The molecular weight excluding hydrogens is 595 g/mol. The number of nitriles is 1. The Balaban J connectivity index is 1.75. The Labute approximate surface area is 265 Å². The van der Waals surface area contributed by atoms with Crippen molar-refractivity contribution in [3.05, 3.63) is 153 Å². The molecule has 2 aliphatic heterocycles. The zero-order valence-corrected chi connectivity index (χ0v) is 25.2. The van der Waals surface area contributed by atoms with Crippen molar-refractivity contribution >= 4 is 46.5 Å². The smallest absolute Gasteiger partial charge is 0.337 e. The summed E-state index contributed by atoms with van der Waals surface area (Å²) in [5, 5.41) is 11.4. The molecule has 0 N–H and O–H groups in total. The molecule has 0 aromatic heterocycles. The van der Waals surface area contributed by atoms with E-state index in [4.69, 9.17) is 32.7 Å². The zero-order valence-electron chi connectivity index (χ0n) is 23.7. The Kier molecular flexibility index (Phi) is 7.54. The maximum Gasteiger partial charge on any atom is 0.337 e. The first-order chi connectivity index (χ1) is 21.3. The number of ether oxygens (including phenoxy) is 2. The van der Waals surface area contributed by atoms with Gasteiger partial charge in [0.25, 0.3) is 0 Å². The van der Waals surface area contributed by atoms with E-state index in [1.165, 1.54) is 0 Å². The topological polar surface area (TPSA) is 79.6 Å². The monoisotopic (exact) mass is 620 g/mol. The molecule has 4 aromatic rings. The fourth-order valence-corrected chi connectivity index (χ4v) is 6.63. The average Bonchev–Trinajstić information content (AvgIpc) is 3.50. The third kappa shape index (κ3) is 4.16. The van der Waals surface area contributed by atoms with Gasteiger partial charge in [-0.2, -0.15) is 5.26 Å². The number of halogens is 2. The number of para-hydroxylation sites is 1. The SMILES string of the molecule is C=C(C(=O)OCC)[C@@]1(c2ccc(Cl)c(Cl)c2)OC(c2ccccc2)=C(C#N)[C@]12C(=O)N(Cc1ccccc1)c1ccccc12. The molecule has 1 amide bonds. The summed E-state index contributed by atoms with van der Waals surface area (Å²) in [7, 11) is 0. The maximum atomic E-state index is 15.4. The van der Waals surface area contributed by atoms with Crippen molar-refractivity contribution < 1.29 is 19.1 Å². The summed E-state index contributed by atoms with van der Waals surface area (Å²) in [6.45, 7) is 6.14. The summed E-state index contributed by atoms with van der Waals surface area (Å²) < 4.78 is 12.4. The second kappa shape index (κ2) is 11.3. The van der Waals surface area contributed by atoms with E-state index in [1.807, 2.05) is 48.5 Å². The van der Waals surface area contributed by atoms with E-state index in [0.717, 1.165) is 5.56 Å². The van der Waals surface area contributed by atoms with Crippen LogP contribution < -0.4 is 4.90 Å². The van der Waals surface area contributed by atoms with Crippen molar-refractivity contribution in [2.24, 2.45) is 0 Å². The predicted molar refractivity (Wildman–Crippen MR) is 170 cm³/mol. The lowest BCUT2D eigenvalue weighted by Crippen LogP contribution is -2.56. The molecule has 4 aromatic carbocycles. The van der Waals surface area contributed by atoms with Gasteiger partial charge in [0.15, 0.2) is 11.0 Å². The number of anilines is 1. The first-order valence-electron chi connectivity index (χ1n) is 14.0. The molecule has 1 spiro atoms. The minimum atomic E-state index is -1.98. The Bertz CT molecular complexity index is 1880. The lowest BCUT2D eigenvalue weighted by molar-refractivity contribution is -0.143. The van der Waals surface area contributed by atoms with Gasteiger partial charge in [-0.15, -0.1) is 0 Å². The largest absolute Gasteiger partial charge is 0.474 e. The average molecular weight is 622 g/mol. The van der Waals surface area contributed by atoms with Crippen molar-refractivity contribution in [1.82, 2.24) is 0 Å². The molecule has 2 aliphatic rings. The van der Waals surface area contributed by atoms with Crippen LogP contribution in [0.3, 0.4) is 0 Å². The summed E-state index contributed by atoms with van der Waals surface area (Å²) in [6.07, 6.45) is 0. The number of rotatable bonds is 7. The van der Waals surface area contributed by atoms with Crippen molar-refractivity contribution in [2.45, 2.75) is 24.5 Å². The fraction of sp³-hybridized carbons (Fsp3) is 0.139. The van der Waals surface area contributed by atoms with E-state index in [2.05, 4.69) is 12.6 Å². The molecule has 44 heavy (non-hydrogen) atoms. The number of carbonyl (C=O) groups is 2. The number of benzene rings is 4. The van der Waals surface area contributed by atoms with Crippen LogP contribution in [0.15, 0.2) is 121 Å². The molecule has 0 radical (unpaired) electrons. The molecular formula is C36H26Cl2N2O4. The van der Waals surface area contributed by atoms with Crippen LogP contribution in [0.2, 0.25) is 10.0 Å². The number of nitrogens with zero attached hydrogens (tertiary/aromatic N) is 2. The van der Waals surface area contributed by atoms with Gasteiger partial charge >= 0.3 is 5.97 Å². The Hall–Kier alpha value is -4.83. The number of hydrogen-bond acceptors (Lipinski definition) is 5. The predicted octanol–water partition coefficient (Wildman–Crippen LogP) is 7.76. The quantitative estimate of drug-likeness (QED) is 0.156. The van der Waals surface area contributed by atoms with Gasteiger partial charge in [-0.1, -0.05) is 115 Å². The van der Waals surface area contributed by atoms with Crippen LogP contribution in [0.5, 0.6) is 0 Å². The van der Waals surface area contributed by atoms with Crippen LogP contribution >= 0.6 is 23.2 Å². The molecule has 6 nitrogen and oxygen atoms in total. The highest BCUT2D eigenvalue weighted by Gasteiger charge is 2.74. The number of carbonyl (C=O) groups excluding carboxylic acids is 2. The van der Waals surface area contributed by atoms with Crippen LogP contribution in [0.4, 0.5) is 5.69 Å². The first-order valence-corrected chi connectivity index (χ1v) is 14.7. The van der Waals surface area contributed by atoms with Gasteiger partial charge in [-0.25, -0.2) is 4.79 Å². The van der Waals surface area contributed by atoms with Crippen molar-refractivity contribution in [3.8, 4) is 6.07 Å². The molecule has 0 fully saturated rings. The lowest BCUT2D eigenvalue weighted by Gasteiger charge is -2.42. The van der Waals surface area contributed by atoms with E-state index in [9.17, 15) is 10.1 Å². The van der Waals surface area contributed by atoms with E-state index in [-0.39, 0.29) is 40.1 Å². The molecule has 6 rings (SSSR count). The number of hydrogen-bond donors (Lipinski definition) is 0. The number of amides is 1. The molecule has 0 unspecified atom stereocenters. The molecule has 0 saturated carbocycles. The summed E-state index contributed by atoms with van der Waals surface area (Å²) >= 11 is 12.9. The first kappa shape index (κ1) is 29.3. The van der Waals surface area contributed by atoms with Crippen molar-refractivity contribution in [1.29, 1.82) is 5.26 Å². The van der Waals surface area contributed by atoms with E-state index < -0.39 is 22.9 Å². The van der Waals surface area contributed by atoms with Crippen molar-refractivity contribution in [2.75, 3.05) is 11.5 Å². The summed E-state index contributed by atoms with van der Waals surface area (Å²) in [5.74, 6) is -1.09. The number of esters is 1. The van der Waals surface area contributed by atoms with Gasteiger partial charge in [0.2, 0.25) is 5.91 Å². The van der Waals surface area contributed by atoms with Gasteiger partial charge < -0.3 is 14.4 Å². The second-order valence-corrected chi connectivity index (χ2v) is 11.3. The van der Waals surface area contributed by atoms with Crippen molar-refractivity contribution in [3.63, 3.8) is 0 Å². The Morgan fingerprint density at radius 2 is 1.61 bits per heavy atom. The van der Waals surface area contributed by atoms with E-state index >= 15 is 4.79 Å². The fourth-order valence-electron chi connectivity index (χ4n) is 6.33. The Morgan fingerprint density at radius 1 is 0.955 bits per heavy atom. The minimum Gasteiger partial charge on any atom is -0.474 e. The van der Waals surface area contributed by atoms with Crippen LogP contribution in [-0.2, 0) is 36.6 Å². The maximum absolute atomic E-state index is 15.4. The van der Waals surface area contributed by atoms with Gasteiger partial charge in [-0.05, 0) is 30.7 Å². The van der Waals surface area contributed by atoms with Gasteiger partial charge in [0, 0.05) is 22.4 Å².